The molecule has 1 heterocycles. The number of carbonyl (C=O) groups excluding carboxylic acids is 6. The summed E-state index contributed by atoms with van der Waals surface area (Å²) in [5.41, 5.74) is -1.86. The van der Waals surface area contributed by atoms with Crippen LogP contribution in [0.2, 0.25) is 0 Å². The number of aliphatic hydroxyl groups is 2. The number of ketones is 2. The number of hydroxylamine groups is 2. The molecular formula is C29H37NO10. The van der Waals surface area contributed by atoms with Gasteiger partial charge in [0, 0.05) is 24.7 Å². The molecule has 0 aromatic rings. The normalized spacial score (nSPS) is 38.8. The number of hydrogen-bond acceptors (Lipinski definition) is 10. The van der Waals surface area contributed by atoms with Crippen LogP contribution in [0.4, 0.5) is 0 Å². The highest BCUT2D eigenvalue weighted by molar-refractivity contribution is 6.01. The van der Waals surface area contributed by atoms with Crippen LogP contribution in [0.5, 0.6) is 0 Å². The van der Waals surface area contributed by atoms with Gasteiger partial charge in [0.05, 0.1) is 18.9 Å². The molecule has 218 valence electrons. The van der Waals surface area contributed by atoms with E-state index < -0.39 is 66.1 Å². The molecule has 1 aliphatic heterocycles. The Morgan fingerprint density at radius 1 is 0.975 bits per heavy atom. The topological polar surface area (TPSA) is 165 Å². The summed E-state index contributed by atoms with van der Waals surface area (Å²) in [6.07, 6.45) is 3.74. The molecule has 4 aliphatic carbocycles. The first-order valence-electron chi connectivity index (χ1n) is 14.2. The van der Waals surface area contributed by atoms with Crippen molar-refractivity contribution >= 4 is 35.3 Å². The summed E-state index contributed by atoms with van der Waals surface area (Å²) in [7, 11) is 0. The Labute approximate surface area is 232 Å². The second-order valence-electron chi connectivity index (χ2n) is 12.6. The highest BCUT2D eigenvalue weighted by Crippen LogP contribution is 2.67. The highest BCUT2D eigenvalue weighted by Gasteiger charge is 2.68. The molecule has 2 amide bonds. The van der Waals surface area contributed by atoms with E-state index in [1.165, 1.54) is 0 Å². The van der Waals surface area contributed by atoms with Gasteiger partial charge in [0.15, 0.2) is 12.4 Å². The van der Waals surface area contributed by atoms with Gasteiger partial charge in [0.25, 0.3) is 11.8 Å². The first kappa shape index (κ1) is 28.6. The molecule has 7 atom stereocenters. The number of amides is 2. The predicted octanol–water partition coefficient (Wildman–Crippen LogP) is 1.72. The summed E-state index contributed by atoms with van der Waals surface area (Å²) in [6, 6.07) is 0. The maximum Gasteiger partial charge on any atom is 0.333 e. The van der Waals surface area contributed by atoms with Crippen molar-refractivity contribution in [3.63, 3.8) is 0 Å². The number of hydrogen-bond donors (Lipinski definition) is 2. The molecule has 0 radical (unpaired) electrons. The maximum absolute atomic E-state index is 13.3. The van der Waals surface area contributed by atoms with Crippen molar-refractivity contribution in [2.75, 3.05) is 6.61 Å². The molecule has 4 fully saturated rings. The van der Waals surface area contributed by atoms with E-state index in [-0.39, 0.29) is 54.6 Å². The number of aliphatic hydroxyl groups excluding tert-OH is 1. The summed E-state index contributed by atoms with van der Waals surface area (Å²) in [5, 5.41) is 23.6. The quantitative estimate of drug-likeness (QED) is 0.347. The number of Topliss-reactive ketones (excluding diaryl/α,β-unsaturated/α-hetero) is 1. The third kappa shape index (κ3) is 4.51. The van der Waals surface area contributed by atoms with Gasteiger partial charge in [-0.3, -0.25) is 24.0 Å². The van der Waals surface area contributed by atoms with Crippen molar-refractivity contribution in [3.05, 3.63) is 11.6 Å². The summed E-state index contributed by atoms with van der Waals surface area (Å²) in [4.78, 5) is 77.4. The van der Waals surface area contributed by atoms with Crippen molar-refractivity contribution in [1.29, 1.82) is 0 Å². The van der Waals surface area contributed by atoms with Crippen LogP contribution in [-0.4, -0.2) is 68.9 Å². The zero-order chi connectivity index (χ0) is 29.0. The molecule has 0 bridgehead atoms. The first-order chi connectivity index (χ1) is 18.8. The Bertz CT molecular complexity index is 1180. The molecule has 2 N–H and O–H groups in total. The smallest absolute Gasteiger partial charge is 0.333 e. The molecule has 3 saturated carbocycles. The number of carbonyl (C=O) groups is 6. The Kier molecular flexibility index (Phi) is 7.27. The molecule has 40 heavy (non-hydrogen) atoms. The van der Waals surface area contributed by atoms with Gasteiger partial charge in [-0.25, -0.2) is 4.79 Å². The Morgan fingerprint density at radius 3 is 2.35 bits per heavy atom. The second kappa shape index (κ2) is 10.2. The molecule has 0 spiro atoms. The summed E-state index contributed by atoms with van der Waals surface area (Å²) in [5.74, 6) is -3.55. The Morgan fingerprint density at radius 2 is 1.65 bits per heavy atom. The van der Waals surface area contributed by atoms with Crippen LogP contribution in [0.15, 0.2) is 11.6 Å². The van der Waals surface area contributed by atoms with Gasteiger partial charge in [-0.1, -0.05) is 19.4 Å². The largest absolute Gasteiger partial charge is 0.458 e. The number of ether oxygens (including phenoxy) is 1. The van der Waals surface area contributed by atoms with Gasteiger partial charge >= 0.3 is 11.9 Å². The lowest BCUT2D eigenvalue weighted by molar-refractivity contribution is -0.197. The summed E-state index contributed by atoms with van der Waals surface area (Å²) in [6.45, 7) is 3.31. The number of fused-ring (bicyclic) bond motifs is 5. The third-order valence-electron chi connectivity index (χ3n) is 10.6. The number of allylic oxidation sites excluding steroid dienone is 1. The lowest BCUT2D eigenvalue weighted by atomic mass is 9.45. The van der Waals surface area contributed by atoms with E-state index in [0.29, 0.717) is 24.3 Å². The molecular weight excluding hydrogens is 522 g/mol. The number of imide groups is 1. The van der Waals surface area contributed by atoms with Gasteiger partial charge in [-0.15, -0.1) is 5.06 Å². The lowest BCUT2D eigenvalue weighted by Crippen LogP contribution is -2.62. The van der Waals surface area contributed by atoms with Gasteiger partial charge < -0.3 is 19.8 Å². The van der Waals surface area contributed by atoms with Crippen molar-refractivity contribution in [2.24, 2.45) is 28.6 Å². The molecule has 5 aliphatic rings. The number of esters is 1. The Balaban J connectivity index is 1.20. The fourth-order valence-electron chi connectivity index (χ4n) is 8.50. The van der Waals surface area contributed by atoms with E-state index in [9.17, 15) is 39.0 Å². The third-order valence-corrected chi connectivity index (χ3v) is 10.6. The van der Waals surface area contributed by atoms with Crippen LogP contribution in [0, 0.1) is 28.6 Å². The van der Waals surface area contributed by atoms with Gasteiger partial charge in [0.2, 0.25) is 5.78 Å². The maximum atomic E-state index is 13.3. The Hall–Kier alpha value is -2.92. The lowest BCUT2D eigenvalue weighted by Gasteiger charge is -2.60. The van der Waals surface area contributed by atoms with Crippen molar-refractivity contribution in [3.8, 4) is 0 Å². The van der Waals surface area contributed by atoms with Crippen LogP contribution in [0.1, 0.15) is 84.5 Å². The van der Waals surface area contributed by atoms with Crippen molar-refractivity contribution in [2.45, 2.75) is 96.2 Å². The van der Waals surface area contributed by atoms with E-state index in [1.807, 2.05) is 6.92 Å². The van der Waals surface area contributed by atoms with E-state index in [4.69, 9.17) is 9.57 Å². The highest BCUT2D eigenvalue weighted by atomic mass is 16.7. The zero-order valence-corrected chi connectivity index (χ0v) is 23.0. The van der Waals surface area contributed by atoms with Crippen LogP contribution < -0.4 is 0 Å². The van der Waals surface area contributed by atoms with Crippen molar-refractivity contribution in [1.82, 2.24) is 5.06 Å². The summed E-state index contributed by atoms with van der Waals surface area (Å²) >= 11 is 0. The molecule has 5 rings (SSSR count). The minimum atomic E-state index is -1.78. The fraction of sp³-hybridized carbons (Fsp3) is 0.724. The van der Waals surface area contributed by atoms with E-state index in [2.05, 4.69) is 6.92 Å². The average molecular weight is 560 g/mol. The molecule has 11 heteroatoms. The summed E-state index contributed by atoms with van der Waals surface area (Å²) < 4.78 is 5.09. The molecule has 11 nitrogen and oxygen atoms in total. The zero-order valence-electron chi connectivity index (χ0n) is 23.0. The SMILES string of the molecule is C[C@]12CCC(=O)C=C1CC[C@H]1[C@H]2[C@H](O)C[C@@]2(C)[C@@H]1CC[C@]2(O)C(=O)COC(=O)CCC(=O)ON1C(=O)CCC1=O. The first-order valence-corrected chi connectivity index (χ1v) is 14.2. The molecule has 0 aromatic heterocycles. The predicted molar refractivity (Wildman–Crippen MR) is 135 cm³/mol. The average Bonchev–Trinajstić information content (AvgIpc) is 3.36. The number of nitrogens with zero attached hydrogens (tertiary/aromatic N) is 1. The van der Waals surface area contributed by atoms with Crippen LogP contribution in [0.25, 0.3) is 0 Å². The minimum absolute atomic E-state index is 0.00710. The van der Waals surface area contributed by atoms with Gasteiger partial charge in [0.1, 0.15) is 5.60 Å². The van der Waals surface area contributed by atoms with Crippen molar-refractivity contribution < 1.29 is 48.6 Å². The fourth-order valence-corrected chi connectivity index (χ4v) is 8.50. The van der Waals surface area contributed by atoms with Crippen LogP contribution >= 0.6 is 0 Å². The monoisotopic (exact) mass is 559 g/mol. The number of rotatable bonds is 7. The van der Waals surface area contributed by atoms with E-state index in [0.717, 1.165) is 18.4 Å². The van der Waals surface area contributed by atoms with E-state index >= 15 is 0 Å². The van der Waals surface area contributed by atoms with Crippen LogP contribution in [-0.2, 0) is 38.3 Å². The molecule has 1 saturated heterocycles. The van der Waals surface area contributed by atoms with Gasteiger partial charge in [-0.05, 0) is 67.8 Å². The molecule has 0 aromatic carbocycles. The van der Waals surface area contributed by atoms with Crippen LogP contribution in [0.3, 0.4) is 0 Å². The standard InChI is InChI=1S/C29H37NO10/c1-27-11-9-17(31)13-16(27)3-4-18-19-10-12-29(38,28(19,2)14-20(32)26(18)27)21(33)15-39-24(36)7-8-25(37)40-30-22(34)5-6-23(30)35/h13,18-20,26,32,38H,3-12,14-15H2,1-2H3/t18-,19-,20-,26+,27+,28+,29+/m1/s1. The van der Waals surface area contributed by atoms with E-state index in [1.54, 1.807) is 6.08 Å². The van der Waals surface area contributed by atoms with Gasteiger partial charge in [-0.2, -0.15) is 0 Å². The second-order valence-corrected chi connectivity index (χ2v) is 12.6. The molecule has 0 unspecified atom stereocenters. The minimum Gasteiger partial charge on any atom is -0.458 e.